The van der Waals surface area contributed by atoms with Gasteiger partial charge in [-0.05, 0) is 24.3 Å². The van der Waals surface area contributed by atoms with Crippen molar-refractivity contribution in [1.82, 2.24) is 19.9 Å². The number of methoxy groups -OCH3 is 2. The number of amides is 1. The van der Waals surface area contributed by atoms with E-state index in [2.05, 4.69) is 16.4 Å². The summed E-state index contributed by atoms with van der Waals surface area (Å²) in [5.41, 5.74) is 3.51. The molecule has 0 aliphatic rings. The minimum Gasteiger partial charge on any atom is -0.493 e. The van der Waals surface area contributed by atoms with Gasteiger partial charge in [-0.25, -0.2) is 9.97 Å². The predicted molar refractivity (Wildman–Crippen MR) is 116 cm³/mol. The second kappa shape index (κ2) is 8.16. The highest BCUT2D eigenvalue weighted by molar-refractivity contribution is 6.00. The molecule has 1 N–H and O–H groups in total. The minimum absolute atomic E-state index is 0.265. The van der Waals surface area contributed by atoms with Crippen molar-refractivity contribution in [3.8, 4) is 34.6 Å². The predicted octanol–water partition coefficient (Wildman–Crippen LogP) is 3.34. The fourth-order valence-corrected chi connectivity index (χ4v) is 3.38. The number of imidazole rings is 1. The monoisotopic (exact) mass is 413 g/mol. The number of pyridine rings is 1. The molecule has 1 amide bonds. The molecule has 0 unspecified atom stereocenters. The van der Waals surface area contributed by atoms with Crippen molar-refractivity contribution in [2.24, 2.45) is 0 Å². The molecule has 31 heavy (non-hydrogen) atoms. The second-order valence-electron chi connectivity index (χ2n) is 6.65. The molecule has 0 bridgehead atoms. The highest BCUT2D eigenvalue weighted by atomic mass is 16.5. The Hall–Kier alpha value is -4.38. The fraction of sp³-hybridized carbons (Fsp3) is 0.130. The number of nitrogens with zero attached hydrogens (tertiary/aromatic N) is 4. The molecule has 0 saturated carbocycles. The van der Waals surface area contributed by atoms with Crippen LogP contribution in [0, 0.1) is 11.3 Å². The number of nitriles is 1. The topological polar surface area (TPSA) is 102 Å². The lowest BCUT2D eigenvalue weighted by molar-refractivity contribution is 0.0963. The summed E-state index contributed by atoms with van der Waals surface area (Å²) >= 11 is 0. The van der Waals surface area contributed by atoms with Gasteiger partial charge in [0.2, 0.25) is 0 Å². The van der Waals surface area contributed by atoms with Crippen LogP contribution in [0.25, 0.3) is 28.1 Å². The summed E-state index contributed by atoms with van der Waals surface area (Å²) in [5.74, 6) is 1.45. The summed E-state index contributed by atoms with van der Waals surface area (Å²) < 4.78 is 12.6. The standard InChI is InChI=1S/C23H19N5O3/c1-25-23(29)16-7-8-21(27-22(16)15-6-4-5-14(9-15)12-24)28-13-26-17-10-19(30-2)20(31-3)11-18(17)28/h4-11,13H,1-3H3,(H,25,29). The van der Waals surface area contributed by atoms with Gasteiger partial charge in [-0.15, -0.1) is 0 Å². The molecular weight excluding hydrogens is 394 g/mol. The minimum atomic E-state index is -0.265. The van der Waals surface area contributed by atoms with Crippen LogP contribution in [0.3, 0.4) is 0 Å². The normalized spacial score (nSPS) is 10.5. The molecule has 0 fully saturated rings. The van der Waals surface area contributed by atoms with Gasteiger partial charge in [0.15, 0.2) is 11.5 Å². The Kier molecular flexibility index (Phi) is 5.24. The first-order valence-electron chi connectivity index (χ1n) is 9.42. The zero-order valence-corrected chi connectivity index (χ0v) is 17.2. The highest BCUT2D eigenvalue weighted by Gasteiger charge is 2.17. The summed E-state index contributed by atoms with van der Waals surface area (Å²) in [5, 5.41) is 11.9. The van der Waals surface area contributed by atoms with Crippen LogP contribution in [0.1, 0.15) is 15.9 Å². The lowest BCUT2D eigenvalue weighted by Gasteiger charge is -2.12. The van der Waals surface area contributed by atoms with Crippen molar-refractivity contribution >= 4 is 16.9 Å². The van der Waals surface area contributed by atoms with Gasteiger partial charge >= 0.3 is 0 Å². The van der Waals surface area contributed by atoms with Gasteiger partial charge in [0, 0.05) is 24.7 Å². The Balaban J connectivity index is 1.92. The molecule has 8 nitrogen and oxygen atoms in total. The molecule has 0 aliphatic carbocycles. The lowest BCUT2D eigenvalue weighted by atomic mass is 10.0. The summed E-state index contributed by atoms with van der Waals surface area (Å²) in [6.45, 7) is 0. The quantitative estimate of drug-likeness (QED) is 0.538. The number of hydrogen-bond donors (Lipinski definition) is 1. The molecule has 0 atom stereocenters. The first-order chi connectivity index (χ1) is 15.1. The molecule has 2 heterocycles. The van der Waals surface area contributed by atoms with Gasteiger partial charge in [-0.3, -0.25) is 9.36 Å². The maximum atomic E-state index is 12.5. The van der Waals surface area contributed by atoms with Gasteiger partial charge in [-0.2, -0.15) is 5.26 Å². The Labute approximate surface area is 178 Å². The number of rotatable bonds is 5. The van der Waals surface area contributed by atoms with Crippen molar-refractivity contribution in [2.75, 3.05) is 21.3 Å². The van der Waals surface area contributed by atoms with E-state index in [1.165, 1.54) is 0 Å². The molecule has 0 spiro atoms. The zero-order chi connectivity index (χ0) is 22.0. The number of ether oxygens (including phenoxy) is 2. The molecule has 2 aromatic carbocycles. The molecule has 154 valence electrons. The smallest absolute Gasteiger partial charge is 0.253 e. The van der Waals surface area contributed by atoms with Crippen LogP contribution in [-0.4, -0.2) is 41.7 Å². The Morgan fingerprint density at radius 1 is 1.10 bits per heavy atom. The third-order valence-corrected chi connectivity index (χ3v) is 4.92. The average Bonchev–Trinajstić information content (AvgIpc) is 3.25. The van der Waals surface area contributed by atoms with E-state index < -0.39 is 0 Å². The van der Waals surface area contributed by atoms with Gasteiger partial charge in [0.05, 0.1) is 48.1 Å². The zero-order valence-electron chi connectivity index (χ0n) is 17.2. The van der Waals surface area contributed by atoms with Gasteiger partial charge in [-0.1, -0.05) is 12.1 Å². The Morgan fingerprint density at radius 2 is 1.87 bits per heavy atom. The van der Waals surface area contributed by atoms with Crippen LogP contribution in [0.2, 0.25) is 0 Å². The van der Waals surface area contributed by atoms with Crippen LogP contribution in [-0.2, 0) is 0 Å². The maximum absolute atomic E-state index is 12.5. The number of benzene rings is 2. The first kappa shape index (κ1) is 19.9. The molecule has 8 heteroatoms. The molecule has 0 radical (unpaired) electrons. The third kappa shape index (κ3) is 3.53. The molecule has 0 aliphatic heterocycles. The molecular formula is C23H19N5O3. The van der Waals surface area contributed by atoms with Crippen LogP contribution in [0.5, 0.6) is 11.5 Å². The van der Waals surface area contributed by atoms with E-state index in [0.29, 0.717) is 45.2 Å². The van der Waals surface area contributed by atoms with Crippen molar-refractivity contribution in [3.63, 3.8) is 0 Å². The van der Waals surface area contributed by atoms with Gasteiger partial charge in [0.1, 0.15) is 12.1 Å². The third-order valence-electron chi connectivity index (χ3n) is 4.92. The van der Waals surface area contributed by atoms with Crippen LogP contribution >= 0.6 is 0 Å². The van der Waals surface area contributed by atoms with E-state index in [0.717, 1.165) is 5.52 Å². The van der Waals surface area contributed by atoms with Gasteiger partial charge < -0.3 is 14.8 Å². The Bertz CT molecular complexity index is 1340. The highest BCUT2D eigenvalue weighted by Crippen LogP contribution is 2.33. The Morgan fingerprint density at radius 3 is 2.58 bits per heavy atom. The number of carbonyl (C=O) groups is 1. The molecule has 0 saturated heterocycles. The van der Waals surface area contributed by atoms with Crippen molar-refractivity contribution in [3.05, 3.63) is 66.0 Å². The summed E-state index contributed by atoms with van der Waals surface area (Å²) in [6.07, 6.45) is 1.65. The average molecular weight is 413 g/mol. The van der Waals surface area contributed by atoms with Crippen LogP contribution in [0.15, 0.2) is 54.9 Å². The number of nitrogens with one attached hydrogen (secondary N) is 1. The van der Waals surface area contributed by atoms with E-state index in [1.807, 2.05) is 16.7 Å². The SMILES string of the molecule is CNC(=O)c1ccc(-n2cnc3cc(OC)c(OC)cc32)nc1-c1cccc(C#N)c1. The van der Waals surface area contributed by atoms with E-state index in [1.54, 1.807) is 64.0 Å². The van der Waals surface area contributed by atoms with Crippen LogP contribution in [0.4, 0.5) is 0 Å². The maximum Gasteiger partial charge on any atom is 0.253 e. The van der Waals surface area contributed by atoms with Crippen molar-refractivity contribution in [2.45, 2.75) is 0 Å². The lowest BCUT2D eigenvalue weighted by Crippen LogP contribution is -2.19. The molecule has 2 aromatic heterocycles. The number of hydrogen-bond acceptors (Lipinski definition) is 6. The van der Waals surface area contributed by atoms with E-state index in [-0.39, 0.29) is 5.91 Å². The van der Waals surface area contributed by atoms with E-state index >= 15 is 0 Å². The first-order valence-corrected chi connectivity index (χ1v) is 9.42. The molecule has 4 aromatic rings. The van der Waals surface area contributed by atoms with E-state index in [4.69, 9.17) is 14.5 Å². The van der Waals surface area contributed by atoms with E-state index in [9.17, 15) is 10.1 Å². The summed E-state index contributed by atoms with van der Waals surface area (Å²) in [4.78, 5) is 21.7. The molecule has 4 rings (SSSR count). The fourth-order valence-electron chi connectivity index (χ4n) is 3.38. The summed E-state index contributed by atoms with van der Waals surface area (Å²) in [6, 6.07) is 16.2. The second-order valence-corrected chi connectivity index (χ2v) is 6.65. The largest absolute Gasteiger partial charge is 0.493 e. The van der Waals surface area contributed by atoms with Crippen molar-refractivity contribution in [1.29, 1.82) is 5.26 Å². The van der Waals surface area contributed by atoms with Crippen molar-refractivity contribution < 1.29 is 14.3 Å². The van der Waals surface area contributed by atoms with Gasteiger partial charge in [0.25, 0.3) is 5.91 Å². The number of aromatic nitrogens is 3. The number of carbonyl (C=O) groups excluding carboxylic acids is 1. The van der Waals surface area contributed by atoms with Crippen LogP contribution < -0.4 is 14.8 Å². The summed E-state index contributed by atoms with van der Waals surface area (Å²) in [7, 11) is 4.71. The number of fused-ring (bicyclic) bond motifs is 1.